The number of benzene rings is 2. The first-order valence-corrected chi connectivity index (χ1v) is 8.61. The van der Waals surface area contributed by atoms with E-state index in [0.29, 0.717) is 24.7 Å². The van der Waals surface area contributed by atoms with Gasteiger partial charge in [0.15, 0.2) is 16.6 Å². The number of halogens is 2. The normalized spacial score (nSPS) is 10.7. The van der Waals surface area contributed by atoms with E-state index in [4.69, 9.17) is 27.4 Å². The molecule has 132 valence electrons. The Bertz CT molecular complexity index is 769. The SMILES string of the molecule is CCOc1cc(/C=N\NC(N)=S)c(Br)cc1OCc1ccc(F)cc1. The summed E-state index contributed by atoms with van der Waals surface area (Å²) in [6.45, 7) is 2.66. The lowest BCUT2D eigenvalue weighted by atomic mass is 10.2. The predicted octanol–water partition coefficient (Wildman–Crippen LogP) is 3.73. The number of nitrogens with two attached hydrogens (primary N) is 1. The summed E-state index contributed by atoms with van der Waals surface area (Å²) in [4.78, 5) is 0. The summed E-state index contributed by atoms with van der Waals surface area (Å²) in [5.74, 6) is 0.859. The highest BCUT2D eigenvalue weighted by molar-refractivity contribution is 9.10. The topological polar surface area (TPSA) is 68.9 Å². The average Bonchev–Trinajstić information content (AvgIpc) is 2.57. The van der Waals surface area contributed by atoms with E-state index >= 15 is 0 Å². The third-order valence-corrected chi connectivity index (χ3v) is 3.83. The molecule has 0 atom stereocenters. The minimum absolute atomic E-state index is 0.0802. The molecule has 2 rings (SSSR count). The molecule has 0 aliphatic carbocycles. The molecule has 0 bridgehead atoms. The van der Waals surface area contributed by atoms with Crippen molar-refractivity contribution in [3.63, 3.8) is 0 Å². The van der Waals surface area contributed by atoms with Gasteiger partial charge < -0.3 is 15.2 Å². The van der Waals surface area contributed by atoms with Crippen molar-refractivity contribution in [1.82, 2.24) is 5.43 Å². The largest absolute Gasteiger partial charge is 0.490 e. The standard InChI is InChI=1S/C17H17BrFN3O2S/c1-2-23-15-7-12(9-21-22-17(20)25)14(18)8-16(15)24-10-11-3-5-13(19)6-4-11/h3-9H,2,10H2,1H3,(H3,20,22,25)/b21-9-. The molecule has 8 heteroatoms. The lowest BCUT2D eigenvalue weighted by Gasteiger charge is -2.14. The van der Waals surface area contributed by atoms with E-state index in [1.165, 1.54) is 12.1 Å². The van der Waals surface area contributed by atoms with Gasteiger partial charge in [-0.25, -0.2) is 4.39 Å². The molecule has 25 heavy (non-hydrogen) atoms. The van der Waals surface area contributed by atoms with Gasteiger partial charge in [-0.15, -0.1) is 0 Å². The van der Waals surface area contributed by atoms with Crippen molar-refractivity contribution in [2.24, 2.45) is 10.8 Å². The molecule has 2 aromatic rings. The highest BCUT2D eigenvalue weighted by atomic mass is 79.9. The fraction of sp³-hybridized carbons (Fsp3) is 0.176. The van der Waals surface area contributed by atoms with Crippen LogP contribution in [0.4, 0.5) is 4.39 Å². The molecule has 0 aromatic heterocycles. The molecule has 0 saturated heterocycles. The Morgan fingerprint density at radius 3 is 2.60 bits per heavy atom. The molecule has 2 aromatic carbocycles. The molecule has 0 saturated carbocycles. The van der Waals surface area contributed by atoms with Crippen LogP contribution < -0.4 is 20.6 Å². The zero-order valence-corrected chi connectivity index (χ0v) is 15.9. The Balaban J connectivity index is 2.18. The van der Waals surface area contributed by atoms with E-state index < -0.39 is 0 Å². The second-order valence-corrected chi connectivity index (χ2v) is 6.20. The van der Waals surface area contributed by atoms with Gasteiger partial charge in [0.1, 0.15) is 12.4 Å². The van der Waals surface area contributed by atoms with Gasteiger partial charge in [-0.2, -0.15) is 5.10 Å². The molecular weight excluding hydrogens is 409 g/mol. The maximum absolute atomic E-state index is 13.0. The molecule has 3 N–H and O–H groups in total. The van der Waals surface area contributed by atoms with Crippen LogP contribution in [-0.2, 0) is 6.61 Å². The molecule has 5 nitrogen and oxygen atoms in total. The Hall–Kier alpha value is -2.19. The molecule has 0 aliphatic rings. The van der Waals surface area contributed by atoms with Gasteiger partial charge in [0.05, 0.1) is 12.8 Å². The second kappa shape index (κ2) is 9.33. The minimum Gasteiger partial charge on any atom is -0.490 e. The van der Waals surface area contributed by atoms with Crippen LogP contribution in [0.3, 0.4) is 0 Å². The third-order valence-electron chi connectivity index (χ3n) is 3.05. The van der Waals surface area contributed by atoms with Crippen molar-refractivity contribution in [2.45, 2.75) is 13.5 Å². The smallest absolute Gasteiger partial charge is 0.184 e. The van der Waals surface area contributed by atoms with Gasteiger partial charge in [-0.1, -0.05) is 12.1 Å². The van der Waals surface area contributed by atoms with E-state index in [2.05, 4.69) is 26.5 Å². The van der Waals surface area contributed by atoms with Crippen molar-refractivity contribution in [2.75, 3.05) is 6.61 Å². The maximum Gasteiger partial charge on any atom is 0.184 e. The summed E-state index contributed by atoms with van der Waals surface area (Å²) >= 11 is 8.16. The number of nitrogens with one attached hydrogen (secondary N) is 1. The van der Waals surface area contributed by atoms with Gasteiger partial charge in [-0.05, 0) is 64.9 Å². The Labute approximate surface area is 159 Å². The lowest BCUT2D eigenvalue weighted by Crippen LogP contribution is -2.24. The summed E-state index contributed by atoms with van der Waals surface area (Å²) in [6, 6.07) is 9.72. The molecule has 0 amide bonds. The molecule has 0 heterocycles. The van der Waals surface area contributed by atoms with Crippen LogP contribution in [0, 0.1) is 5.82 Å². The van der Waals surface area contributed by atoms with E-state index in [-0.39, 0.29) is 10.9 Å². The molecular formula is C17H17BrFN3O2S. The van der Waals surface area contributed by atoms with Crippen LogP contribution >= 0.6 is 28.1 Å². The maximum atomic E-state index is 13.0. The van der Waals surface area contributed by atoms with Gasteiger partial charge in [0, 0.05) is 10.0 Å². The summed E-state index contributed by atoms with van der Waals surface area (Å²) in [6.07, 6.45) is 1.56. The highest BCUT2D eigenvalue weighted by Crippen LogP contribution is 2.33. The first-order valence-electron chi connectivity index (χ1n) is 7.41. The Morgan fingerprint density at radius 2 is 1.96 bits per heavy atom. The van der Waals surface area contributed by atoms with Crippen molar-refractivity contribution in [1.29, 1.82) is 0 Å². The van der Waals surface area contributed by atoms with Crippen molar-refractivity contribution in [3.8, 4) is 11.5 Å². The van der Waals surface area contributed by atoms with E-state index in [1.807, 2.05) is 6.92 Å². The summed E-state index contributed by atoms with van der Waals surface area (Å²) < 4.78 is 25.2. The van der Waals surface area contributed by atoms with Crippen LogP contribution in [0.1, 0.15) is 18.1 Å². The van der Waals surface area contributed by atoms with Gasteiger partial charge in [-0.3, -0.25) is 5.43 Å². The quantitative estimate of drug-likeness (QED) is 0.401. The van der Waals surface area contributed by atoms with E-state index in [9.17, 15) is 4.39 Å². The van der Waals surface area contributed by atoms with Gasteiger partial charge >= 0.3 is 0 Å². The summed E-state index contributed by atoms with van der Waals surface area (Å²) in [5, 5.41) is 4.01. The second-order valence-electron chi connectivity index (χ2n) is 4.90. The Kier molecular flexibility index (Phi) is 7.15. The average molecular weight is 426 g/mol. The van der Waals surface area contributed by atoms with Crippen LogP contribution in [0.15, 0.2) is 46.0 Å². The first kappa shape index (κ1) is 19.1. The minimum atomic E-state index is -0.282. The predicted molar refractivity (Wildman–Crippen MR) is 104 cm³/mol. The number of nitrogens with zero attached hydrogens (tertiary/aromatic N) is 1. The fourth-order valence-electron chi connectivity index (χ4n) is 1.94. The zero-order valence-electron chi connectivity index (χ0n) is 13.5. The number of thiocarbonyl (C=S) groups is 1. The van der Waals surface area contributed by atoms with Crippen molar-refractivity contribution >= 4 is 39.5 Å². The van der Waals surface area contributed by atoms with Crippen LogP contribution in [-0.4, -0.2) is 17.9 Å². The molecule has 0 unspecified atom stereocenters. The van der Waals surface area contributed by atoms with Crippen LogP contribution in [0.25, 0.3) is 0 Å². The number of ether oxygens (including phenoxy) is 2. The fourth-order valence-corrected chi connectivity index (χ4v) is 2.42. The molecule has 0 aliphatic heterocycles. The zero-order chi connectivity index (χ0) is 18.2. The van der Waals surface area contributed by atoms with Crippen molar-refractivity contribution < 1.29 is 13.9 Å². The number of hydrogen-bond acceptors (Lipinski definition) is 4. The van der Waals surface area contributed by atoms with Crippen LogP contribution in [0.2, 0.25) is 0 Å². The van der Waals surface area contributed by atoms with Crippen LogP contribution in [0.5, 0.6) is 11.5 Å². The first-order chi connectivity index (χ1) is 12.0. The Morgan fingerprint density at radius 1 is 1.28 bits per heavy atom. The number of hydrazone groups is 1. The van der Waals surface area contributed by atoms with E-state index in [1.54, 1.807) is 30.5 Å². The van der Waals surface area contributed by atoms with Gasteiger partial charge in [0.2, 0.25) is 0 Å². The number of hydrogen-bond donors (Lipinski definition) is 2. The molecule has 0 radical (unpaired) electrons. The number of rotatable bonds is 7. The summed E-state index contributed by atoms with van der Waals surface area (Å²) in [7, 11) is 0. The monoisotopic (exact) mass is 425 g/mol. The molecule has 0 fully saturated rings. The third kappa shape index (κ3) is 5.99. The molecule has 0 spiro atoms. The summed E-state index contributed by atoms with van der Waals surface area (Å²) in [5.41, 5.74) is 9.44. The lowest BCUT2D eigenvalue weighted by molar-refractivity contribution is 0.269. The van der Waals surface area contributed by atoms with Crippen molar-refractivity contribution in [3.05, 3.63) is 57.8 Å². The van der Waals surface area contributed by atoms with Gasteiger partial charge in [0.25, 0.3) is 0 Å². The highest BCUT2D eigenvalue weighted by Gasteiger charge is 2.10. The van der Waals surface area contributed by atoms with E-state index in [0.717, 1.165) is 15.6 Å².